The Morgan fingerprint density at radius 3 is 1.14 bits per heavy atom. The maximum atomic E-state index is 5.79. The molecule has 2 aromatic carbocycles. The Bertz CT molecular complexity index is 509. The van der Waals surface area contributed by atoms with Crippen molar-refractivity contribution in [2.24, 2.45) is 0 Å². The van der Waals surface area contributed by atoms with E-state index in [9.17, 15) is 0 Å². The van der Waals surface area contributed by atoms with Gasteiger partial charge >= 0.3 is 0 Å². The molecule has 0 aliphatic heterocycles. The molecule has 2 rings (SSSR count). The summed E-state index contributed by atoms with van der Waals surface area (Å²) in [6.45, 7) is 12.7. The fourth-order valence-electron chi connectivity index (χ4n) is 2.62. The van der Waals surface area contributed by atoms with Crippen LogP contribution in [0.25, 0.3) is 0 Å². The van der Waals surface area contributed by atoms with E-state index in [-0.39, 0.29) is 14.9 Å². The van der Waals surface area contributed by atoms with Crippen molar-refractivity contribution in [1.82, 2.24) is 0 Å². The molecule has 0 saturated heterocycles. The van der Waals surface area contributed by atoms with Crippen LogP contribution < -0.4 is 0 Å². The van der Waals surface area contributed by atoms with Gasteiger partial charge in [-0.1, -0.05) is 67.4 Å². The second kappa shape index (κ2) is 10.5. The summed E-state index contributed by atoms with van der Waals surface area (Å²) in [6.07, 6.45) is 0. The average Bonchev–Trinajstić information content (AvgIpc) is 2.26. The van der Waals surface area contributed by atoms with Gasteiger partial charge in [-0.15, -0.1) is 11.6 Å². The van der Waals surface area contributed by atoms with Gasteiger partial charge < -0.3 is 0 Å². The standard InChI is InChI=1S/C10H13Cl.C9H12.2CH4/c1-7-4-8(2)10(6-11)9(3)5-7;1-7-4-8(2)6-9(3)5-7;;/h4-5H,6H2,1-3H3;4-6H,1-3H3;2*1H4. The monoisotopic (exact) mass is 320 g/mol. The first kappa shape index (κ1) is 23.0. The highest BCUT2D eigenvalue weighted by Gasteiger charge is 2.00. The normalized spacial score (nSPS) is 9.05. The summed E-state index contributed by atoms with van der Waals surface area (Å²) in [6, 6.07) is 10.9. The van der Waals surface area contributed by atoms with Crippen molar-refractivity contribution in [3.63, 3.8) is 0 Å². The Morgan fingerprint density at radius 1 is 0.591 bits per heavy atom. The summed E-state index contributed by atoms with van der Waals surface area (Å²) in [5.74, 6) is 0.623. The van der Waals surface area contributed by atoms with Crippen LogP contribution in [0.15, 0.2) is 30.3 Å². The van der Waals surface area contributed by atoms with E-state index in [2.05, 4.69) is 71.9 Å². The van der Waals surface area contributed by atoms with E-state index in [1.165, 1.54) is 38.9 Å². The number of alkyl halides is 1. The van der Waals surface area contributed by atoms with Crippen LogP contribution in [-0.4, -0.2) is 0 Å². The lowest BCUT2D eigenvalue weighted by atomic mass is 10.0. The zero-order valence-corrected chi connectivity index (χ0v) is 14.2. The molecule has 0 fully saturated rings. The van der Waals surface area contributed by atoms with E-state index in [4.69, 9.17) is 11.6 Å². The Kier molecular flexibility index (Phi) is 10.9. The molecule has 0 aliphatic rings. The molecule has 0 aliphatic carbocycles. The minimum Gasteiger partial charge on any atom is -0.122 e. The summed E-state index contributed by atoms with van der Waals surface area (Å²) in [7, 11) is 0. The summed E-state index contributed by atoms with van der Waals surface area (Å²) in [5, 5.41) is 0. The van der Waals surface area contributed by atoms with Crippen molar-refractivity contribution >= 4 is 11.6 Å². The number of hydrogen-bond donors (Lipinski definition) is 0. The van der Waals surface area contributed by atoms with E-state index in [0.717, 1.165) is 0 Å². The smallest absolute Gasteiger partial charge is 0.0479 e. The highest BCUT2D eigenvalue weighted by molar-refractivity contribution is 6.17. The van der Waals surface area contributed by atoms with Gasteiger partial charge in [0.2, 0.25) is 0 Å². The highest BCUT2D eigenvalue weighted by Crippen LogP contribution is 2.17. The second-order valence-electron chi connectivity index (χ2n) is 5.68. The largest absolute Gasteiger partial charge is 0.122 e. The van der Waals surface area contributed by atoms with Crippen LogP contribution in [0.5, 0.6) is 0 Å². The van der Waals surface area contributed by atoms with Crippen LogP contribution in [-0.2, 0) is 5.88 Å². The van der Waals surface area contributed by atoms with Crippen LogP contribution in [0, 0.1) is 41.5 Å². The quantitative estimate of drug-likeness (QED) is 0.486. The van der Waals surface area contributed by atoms with Gasteiger partial charge in [-0.25, -0.2) is 0 Å². The lowest BCUT2D eigenvalue weighted by Crippen LogP contribution is -1.90. The second-order valence-corrected chi connectivity index (χ2v) is 5.94. The molecule has 0 spiro atoms. The van der Waals surface area contributed by atoms with E-state index < -0.39 is 0 Å². The first-order valence-electron chi connectivity index (χ1n) is 7.01. The number of aryl methyl sites for hydroxylation is 6. The molecule has 0 radical (unpaired) electrons. The van der Waals surface area contributed by atoms with Gasteiger partial charge in [0, 0.05) is 5.88 Å². The van der Waals surface area contributed by atoms with E-state index in [0.29, 0.717) is 5.88 Å². The number of rotatable bonds is 1. The third-order valence-electron chi connectivity index (χ3n) is 3.34. The van der Waals surface area contributed by atoms with E-state index in [1.54, 1.807) is 0 Å². The molecule has 0 N–H and O–H groups in total. The molecule has 2 aromatic rings. The number of benzene rings is 2. The van der Waals surface area contributed by atoms with Gasteiger partial charge in [0.15, 0.2) is 0 Å². The summed E-state index contributed by atoms with van der Waals surface area (Å²) in [5.41, 5.74) is 9.26. The fraction of sp³-hybridized carbons (Fsp3) is 0.429. The maximum Gasteiger partial charge on any atom is 0.0479 e. The molecule has 0 bridgehead atoms. The third kappa shape index (κ3) is 7.13. The molecule has 0 heterocycles. The van der Waals surface area contributed by atoms with Crippen molar-refractivity contribution < 1.29 is 0 Å². The molecule has 1 heteroatoms. The molecule has 0 nitrogen and oxygen atoms in total. The Morgan fingerprint density at radius 2 is 0.864 bits per heavy atom. The minimum absolute atomic E-state index is 0. The maximum absolute atomic E-state index is 5.79. The third-order valence-corrected chi connectivity index (χ3v) is 3.61. The molecule has 0 saturated carbocycles. The van der Waals surface area contributed by atoms with Crippen molar-refractivity contribution in [2.75, 3.05) is 0 Å². The van der Waals surface area contributed by atoms with Gasteiger partial charge in [0.1, 0.15) is 0 Å². The van der Waals surface area contributed by atoms with Gasteiger partial charge in [-0.3, -0.25) is 0 Å². The van der Waals surface area contributed by atoms with Crippen LogP contribution in [0.3, 0.4) is 0 Å². The van der Waals surface area contributed by atoms with Crippen LogP contribution in [0.2, 0.25) is 0 Å². The minimum atomic E-state index is 0. The van der Waals surface area contributed by atoms with E-state index in [1.807, 2.05) is 0 Å². The first-order valence-corrected chi connectivity index (χ1v) is 7.54. The highest BCUT2D eigenvalue weighted by atomic mass is 35.5. The molecular formula is C21H33Cl. The van der Waals surface area contributed by atoms with Crippen molar-refractivity contribution in [3.8, 4) is 0 Å². The predicted octanol–water partition coefficient (Wildman–Crippen LogP) is 7.23. The number of halogens is 1. The SMILES string of the molecule is C.C.Cc1cc(C)c(CCl)c(C)c1.Cc1cc(C)cc(C)c1. The zero-order chi connectivity index (χ0) is 15.3. The molecule has 0 amide bonds. The molecule has 124 valence electrons. The molecular weight excluding hydrogens is 288 g/mol. The van der Waals surface area contributed by atoms with Crippen molar-refractivity contribution in [2.45, 2.75) is 62.3 Å². The Balaban J connectivity index is 0. The van der Waals surface area contributed by atoms with Crippen LogP contribution in [0.1, 0.15) is 53.8 Å². The lowest BCUT2D eigenvalue weighted by molar-refractivity contribution is 1.21. The van der Waals surface area contributed by atoms with Crippen LogP contribution in [0.4, 0.5) is 0 Å². The zero-order valence-electron chi connectivity index (χ0n) is 13.5. The Labute approximate surface area is 143 Å². The van der Waals surface area contributed by atoms with Gasteiger partial charge in [-0.05, 0) is 58.2 Å². The predicted molar refractivity (Wildman–Crippen MR) is 104 cm³/mol. The van der Waals surface area contributed by atoms with Crippen molar-refractivity contribution in [3.05, 3.63) is 69.3 Å². The van der Waals surface area contributed by atoms with E-state index >= 15 is 0 Å². The summed E-state index contributed by atoms with van der Waals surface area (Å²) in [4.78, 5) is 0. The molecule has 22 heavy (non-hydrogen) atoms. The van der Waals surface area contributed by atoms with Gasteiger partial charge in [-0.2, -0.15) is 0 Å². The summed E-state index contributed by atoms with van der Waals surface area (Å²) >= 11 is 5.79. The van der Waals surface area contributed by atoms with Gasteiger partial charge in [0.25, 0.3) is 0 Å². The van der Waals surface area contributed by atoms with Crippen molar-refractivity contribution in [1.29, 1.82) is 0 Å². The topological polar surface area (TPSA) is 0 Å². The average molecular weight is 321 g/mol. The fourth-order valence-corrected chi connectivity index (χ4v) is 3.04. The molecule has 0 aromatic heterocycles. The molecule has 0 atom stereocenters. The Hall–Kier alpha value is -1.27. The summed E-state index contributed by atoms with van der Waals surface area (Å²) < 4.78 is 0. The lowest BCUT2D eigenvalue weighted by Gasteiger charge is -2.07. The molecule has 0 unspecified atom stereocenters. The van der Waals surface area contributed by atoms with Gasteiger partial charge in [0.05, 0.1) is 0 Å². The number of hydrogen-bond acceptors (Lipinski definition) is 0. The van der Waals surface area contributed by atoms with Crippen LogP contribution >= 0.6 is 11.6 Å². The first-order chi connectivity index (χ1) is 9.33.